The maximum absolute atomic E-state index is 3.56. The molecule has 1 atom stereocenters. The van der Waals surface area contributed by atoms with Crippen LogP contribution in [0.1, 0.15) is 63.1 Å². The van der Waals surface area contributed by atoms with Crippen LogP contribution in [-0.2, 0) is 6.42 Å². The minimum atomic E-state index is 0.545. The first-order chi connectivity index (χ1) is 9.28. The van der Waals surface area contributed by atoms with Gasteiger partial charge in [0.2, 0.25) is 0 Å². The molecule has 1 aromatic carbocycles. The van der Waals surface area contributed by atoms with E-state index in [1.807, 2.05) is 0 Å². The van der Waals surface area contributed by atoms with E-state index >= 15 is 0 Å². The summed E-state index contributed by atoms with van der Waals surface area (Å²) in [6, 6.07) is 9.77. The summed E-state index contributed by atoms with van der Waals surface area (Å²) in [6.45, 7) is 4.56. The molecule has 0 amide bonds. The molecule has 0 saturated heterocycles. The molecule has 1 aliphatic rings. The van der Waals surface area contributed by atoms with Crippen molar-refractivity contribution in [1.82, 2.24) is 5.32 Å². The Kier molecular flexibility index (Phi) is 5.45. The highest BCUT2D eigenvalue weighted by molar-refractivity contribution is 5.25. The summed E-state index contributed by atoms with van der Waals surface area (Å²) in [7, 11) is 2.12. The number of hydrogen-bond acceptors (Lipinski definition) is 1. The Morgan fingerprint density at radius 1 is 1.05 bits per heavy atom. The van der Waals surface area contributed by atoms with E-state index < -0.39 is 0 Å². The summed E-state index contributed by atoms with van der Waals surface area (Å²) in [4.78, 5) is 0. The van der Waals surface area contributed by atoms with Crippen LogP contribution < -0.4 is 5.32 Å². The predicted octanol–water partition coefficient (Wildman–Crippen LogP) is 4.73. The molecule has 0 heterocycles. The molecule has 1 N–H and O–H groups in total. The van der Waals surface area contributed by atoms with Crippen molar-refractivity contribution < 1.29 is 0 Å². The molecule has 1 saturated carbocycles. The quantitative estimate of drug-likeness (QED) is 0.806. The minimum Gasteiger partial charge on any atom is -0.313 e. The fourth-order valence-electron chi connectivity index (χ4n) is 3.57. The van der Waals surface area contributed by atoms with E-state index in [0.29, 0.717) is 6.04 Å². The van der Waals surface area contributed by atoms with E-state index in [1.54, 1.807) is 0 Å². The first-order valence-electron chi connectivity index (χ1n) is 8.04. The molecule has 19 heavy (non-hydrogen) atoms. The monoisotopic (exact) mass is 259 g/mol. The molecule has 0 bridgehead atoms. The van der Waals surface area contributed by atoms with Crippen molar-refractivity contribution >= 4 is 0 Å². The number of hydrogen-bond donors (Lipinski definition) is 1. The van der Waals surface area contributed by atoms with Crippen LogP contribution in [0, 0.1) is 11.8 Å². The van der Waals surface area contributed by atoms with Gasteiger partial charge in [-0.1, -0.05) is 57.4 Å². The third-order valence-corrected chi connectivity index (χ3v) is 5.00. The summed E-state index contributed by atoms with van der Waals surface area (Å²) < 4.78 is 0. The largest absolute Gasteiger partial charge is 0.313 e. The number of nitrogens with one attached hydrogen (secondary N) is 1. The van der Waals surface area contributed by atoms with E-state index in [0.717, 1.165) is 18.3 Å². The average molecular weight is 259 g/mol. The number of aryl methyl sites for hydroxylation is 1. The highest BCUT2D eigenvalue weighted by Crippen LogP contribution is 2.37. The zero-order chi connectivity index (χ0) is 13.7. The molecule has 1 aliphatic carbocycles. The van der Waals surface area contributed by atoms with Crippen LogP contribution in [0.2, 0.25) is 0 Å². The van der Waals surface area contributed by atoms with Crippen LogP contribution in [0.3, 0.4) is 0 Å². The summed E-state index contributed by atoms with van der Waals surface area (Å²) >= 11 is 0. The van der Waals surface area contributed by atoms with Gasteiger partial charge >= 0.3 is 0 Å². The standard InChI is InChI=1S/C18H29N/c1-4-14-6-10-16(11-7-14)18(19-3)17-12-8-15(5-2)9-13-17/h6-7,10-11,15,17-19H,4-5,8-9,12-13H2,1-3H3. The normalized spacial score (nSPS) is 25.2. The van der Waals surface area contributed by atoms with Crippen molar-refractivity contribution in [2.24, 2.45) is 11.8 Å². The highest BCUT2D eigenvalue weighted by atomic mass is 14.9. The van der Waals surface area contributed by atoms with Crippen molar-refractivity contribution in [3.8, 4) is 0 Å². The molecular formula is C18H29N. The smallest absolute Gasteiger partial charge is 0.0346 e. The molecule has 1 fully saturated rings. The number of rotatable bonds is 5. The second-order valence-electron chi connectivity index (χ2n) is 6.05. The van der Waals surface area contributed by atoms with E-state index in [-0.39, 0.29) is 0 Å². The molecule has 1 nitrogen and oxygen atoms in total. The van der Waals surface area contributed by atoms with Crippen molar-refractivity contribution in [3.63, 3.8) is 0 Å². The van der Waals surface area contributed by atoms with Crippen molar-refractivity contribution in [1.29, 1.82) is 0 Å². The Morgan fingerprint density at radius 2 is 1.68 bits per heavy atom. The van der Waals surface area contributed by atoms with Crippen LogP contribution in [0.4, 0.5) is 0 Å². The van der Waals surface area contributed by atoms with Gasteiger partial charge in [-0.05, 0) is 49.3 Å². The summed E-state index contributed by atoms with van der Waals surface area (Å²) in [5, 5.41) is 3.56. The molecule has 2 rings (SSSR count). The lowest BCUT2D eigenvalue weighted by Gasteiger charge is -2.34. The fourth-order valence-corrected chi connectivity index (χ4v) is 3.57. The third-order valence-electron chi connectivity index (χ3n) is 5.00. The molecule has 0 aliphatic heterocycles. The predicted molar refractivity (Wildman–Crippen MR) is 83.4 cm³/mol. The van der Waals surface area contributed by atoms with E-state index in [2.05, 4.69) is 50.5 Å². The summed E-state index contributed by atoms with van der Waals surface area (Å²) in [6.07, 6.45) is 8.12. The molecular weight excluding hydrogens is 230 g/mol. The SMILES string of the molecule is CCc1ccc(C(NC)C2CCC(CC)CC2)cc1. The first kappa shape index (κ1) is 14.6. The zero-order valence-electron chi connectivity index (χ0n) is 12.8. The second kappa shape index (κ2) is 7.09. The van der Waals surface area contributed by atoms with Crippen LogP contribution in [0.5, 0.6) is 0 Å². The van der Waals surface area contributed by atoms with Gasteiger partial charge in [0.15, 0.2) is 0 Å². The van der Waals surface area contributed by atoms with Crippen LogP contribution in [0.25, 0.3) is 0 Å². The minimum absolute atomic E-state index is 0.545. The van der Waals surface area contributed by atoms with Gasteiger partial charge in [0.1, 0.15) is 0 Å². The molecule has 0 spiro atoms. The van der Waals surface area contributed by atoms with E-state index in [9.17, 15) is 0 Å². The number of benzene rings is 1. The maximum atomic E-state index is 3.56. The Balaban J connectivity index is 2.03. The van der Waals surface area contributed by atoms with Gasteiger partial charge in [-0.3, -0.25) is 0 Å². The van der Waals surface area contributed by atoms with E-state index in [4.69, 9.17) is 0 Å². The third kappa shape index (κ3) is 3.60. The fraction of sp³-hybridized carbons (Fsp3) is 0.667. The maximum Gasteiger partial charge on any atom is 0.0346 e. The van der Waals surface area contributed by atoms with Gasteiger partial charge in [0, 0.05) is 6.04 Å². The van der Waals surface area contributed by atoms with Crippen LogP contribution >= 0.6 is 0 Å². The second-order valence-corrected chi connectivity index (χ2v) is 6.05. The van der Waals surface area contributed by atoms with Crippen LogP contribution in [0.15, 0.2) is 24.3 Å². The lowest BCUT2D eigenvalue weighted by Crippen LogP contribution is -2.28. The first-order valence-corrected chi connectivity index (χ1v) is 8.04. The molecule has 1 aromatic rings. The molecule has 0 radical (unpaired) electrons. The van der Waals surface area contributed by atoms with E-state index in [1.165, 1.54) is 43.2 Å². The zero-order valence-corrected chi connectivity index (χ0v) is 12.8. The van der Waals surface area contributed by atoms with Crippen molar-refractivity contribution in [3.05, 3.63) is 35.4 Å². The molecule has 0 aromatic heterocycles. The topological polar surface area (TPSA) is 12.0 Å². The van der Waals surface area contributed by atoms with Gasteiger partial charge in [0.05, 0.1) is 0 Å². The van der Waals surface area contributed by atoms with Gasteiger partial charge < -0.3 is 5.32 Å². The Hall–Kier alpha value is -0.820. The average Bonchev–Trinajstić information content (AvgIpc) is 2.49. The molecule has 1 unspecified atom stereocenters. The van der Waals surface area contributed by atoms with Crippen molar-refractivity contribution in [2.45, 2.75) is 58.4 Å². The van der Waals surface area contributed by atoms with Gasteiger partial charge in [-0.25, -0.2) is 0 Å². The Morgan fingerprint density at radius 3 is 2.16 bits per heavy atom. The lowest BCUT2D eigenvalue weighted by atomic mass is 9.76. The van der Waals surface area contributed by atoms with Crippen molar-refractivity contribution in [2.75, 3.05) is 7.05 Å². The highest BCUT2D eigenvalue weighted by Gasteiger charge is 2.26. The van der Waals surface area contributed by atoms with Gasteiger partial charge in [-0.15, -0.1) is 0 Å². The Bertz CT molecular complexity index is 360. The summed E-state index contributed by atoms with van der Waals surface area (Å²) in [5.74, 6) is 1.80. The summed E-state index contributed by atoms with van der Waals surface area (Å²) in [5.41, 5.74) is 2.91. The van der Waals surface area contributed by atoms with Gasteiger partial charge in [-0.2, -0.15) is 0 Å². The van der Waals surface area contributed by atoms with Gasteiger partial charge in [0.25, 0.3) is 0 Å². The molecule has 1 heteroatoms. The molecule has 106 valence electrons. The lowest BCUT2D eigenvalue weighted by molar-refractivity contribution is 0.224. The Labute approximate surface area is 118 Å². The van der Waals surface area contributed by atoms with Crippen LogP contribution in [-0.4, -0.2) is 7.05 Å².